The van der Waals surface area contributed by atoms with Crippen LogP contribution >= 0.6 is 0 Å². The number of hydrogen-bond donors (Lipinski definition) is 0. The van der Waals surface area contributed by atoms with Gasteiger partial charge in [0.05, 0.1) is 0 Å². The summed E-state index contributed by atoms with van der Waals surface area (Å²) in [6.45, 7) is 0. The summed E-state index contributed by atoms with van der Waals surface area (Å²) in [6.07, 6.45) is 0. The van der Waals surface area contributed by atoms with Crippen molar-refractivity contribution < 1.29 is 4.42 Å². The number of nitrogens with zero attached hydrogens (tertiary/aromatic N) is 1. The zero-order valence-corrected chi connectivity index (χ0v) is 18.0. The molecule has 0 unspecified atom stereocenters. The van der Waals surface area contributed by atoms with Crippen molar-refractivity contribution in [2.75, 3.05) is 0 Å². The van der Waals surface area contributed by atoms with E-state index in [1.807, 2.05) is 30.3 Å². The fraction of sp³-hybridized carbons (Fsp3) is 0. The lowest BCUT2D eigenvalue weighted by Gasteiger charge is -2.08. The fourth-order valence-corrected chi connectivity index (χ4v) is 4.16. The van der Waals surface area contributed by atoms with E-state index in [9.17, 15) is 0 Å². The van der Waals surface area contributed by atoms with Gasteiger partial charge in [-0.15, -0.1) is 0 Å². The predicted molar refractivity (Wildman–Crippen MR) is 136 cm³/mol. The lowest BCUT2D eigenvalue weighted by molar-refractivity contribution is 0.620. The maximum Gasteiger partial charge on any atom is 0.227 e. The van der Waals surface area contributed by atoms with Gasteiger partial charge in [-0.05, 0) is 63.7 Å². The van der Waals surface area contributed by atoms with Crippen LogP contribution in [0.4, 0.5) is 0 Å². The molecule has 0 aliphatic carbocycles. The van der Waals surface area contributed by atoms with Crippen molar-refractivity contribution in [3.63, 3.8) is 0 Å². The van der Waals surface area contributed by atoms with E-state index in [4.69, 9.17) is 4.42 Å². The van der Waals surface area contributed by atoms with Gasteiger partial charge in [-0.2, -0.15) is 0 Å². The highest BCUT2D eigenvalue weighted by atomic mass is 16.3. The first-order chi connectivity index (χ1) is 16.3. The van der Waals surface area contributed by atoms with Gasteiger partial charge in [0.1, 0.15) is 5.52 Å². The Labute approximate surface area is 192 Å². The lowest BCUT2D eigenvalue weighted by Crippen LogP contribution is -1.83. The molecule has 6 aromatic rings. The zero-order valence-electron chi connectivity index (χ0n) is 18.0. The predicted octanol–water partition coefficient (Wildman–Crippen LogP) is 8.50. The summed E-state index contributed by atoms with van der Waals surface area (Å²) in [5, 5.41) is 0. The summed E-state index contributed by atoms with van der Waals surface area (Å²) in [4.78, 5) is 4.60. The van der Waals surface area contributed by atoms with E-state index in [1.165, 1.54) is 27.8 Å². The van der Waals surface area contributed by atoms with Crippen molar-refractivity contribution in [3.8, 4) is 44.8 Å². The lowest BCUT2D eigenvalue weighted by atomic mass is 9.97. The Morgan fingerprint density at radius 2 is 0.879 bits per heavy atom. The minimum Gasteiger partial charge on any atom is -0.436 e. The molecule has 0 spiro atoms. The molecule has 1 heterocycles. The topological polar surface area (TPSA) is 26.0 Å². The largest absolute Gasteiger partial charge is 0.436 e. The van der Waals surface area contributed by atoms with Crippen LogP contribution in [0, 0.1) is 0 Å². The monoisotopic (exact) mass is 423 g/mol. The molecule has 0 aliphatic rings. The van der Waals surface area contributed by atoms with E-state index >= 15 is 0 Å². The second-order valence-corrected chi connectivity index (χ2v) is 8.09. The molecule has 0 saturated carbocycles. The molecule has 5 aromatic carbocycles. The van der Waals surface area contributed by atoms with Crippen molar-refractivity contribution >= 4 is 11.1 Å². The molecule has 0 atom stereocenters. The van der Waals surface area contributed by atoms with Crippen LogP contribution in [-0.4, -0.2) is 4.98 Å². The standard InChI is InChI=1S/C31H21NO/c1-2-7-22(8-3-1)23-13-15-24(16-14-23)27-9-6-10-28(21-27)25-17-19-26(20-18-25)31-32-29-11-4-5-12-30(29)33-31/h1-21H. The van der Waals surface area contributed by atoms with Crippen molar-refractivity contribution in [1.82, 2.24) is 4.98 Å². The Morgan fingerprint density at radius 3 is 1.52 bits per heavy atom. The number of fused-ring (bicyclic) bond motifs is 1. The Kier molecular flexibility index (Phi) is 4.82. The molecule has 0 N–H and O–H groups in total. The van der Waals surface area contributed by atoms with Crippen LogP contribution in [-0.2, 0) is 0 Å². The highest BCUT2D eigenvalue weighted by Gasteiger charge is 2.09. The molecule has 156 valence electrons. The first-order valence-electron chi connectivity index (χ1n) is 11.1. The first kappa shape index (κ1) is 19.3. The van der Waals surface area contributed by atoms with E-state index in [0.717, 1.165) is 22.2 Å². The third-order valence-corrected chi connectivity index (χ3v) is 5.95. The van der Waals surface area contributed by atoms with E-state index in [0.29, 0.717) is 5.89 Å². The van der Waals surface area contributed by atoms with Crippen molar-refractivity contribution in [2.24, 2.45) is 0 Å². The Hall–Kier alpha value is -4.43. The molecular weight excluding hydrogens is 402 g/mol. The van der Waals surface area contributed by atoms with Gasteiger partial charge in [-0.25, -0.2) is 4.98 Å². The molecule has 1 aromatic heterocycles. The summed E-state index contributed by atoms with van der Waals surface area (Å²) in [6, 6.07) is 44.1. The highest BCUT2D eigenvalue weighted by Crippen LogP contribution is 2.30. The Morgan fingerprint density at radius 1 is 0.394 bits per heavy atom. The van der Waals surface area contributed by atoms with Crippen molar-refractivity contribution in [1.29, 1.82) is 0 Å². The van der Waals surface area contributed by atoms with Gasteiger partial charge in [0, 0.05) is 5.56 Å². The highest BCUT2D eigenvalue weighted by molar-refractivity contribution is 5.78. The van der Waals surface area contributed by atoms with E-state index in [2.05, 4.69) is 102 Å². The smallest absolute Gasteiger partial charge is 0.227 e. The van der Waals surface area contributed by atoms with Gasteiger partial charge in [-0.1, -0.05) is 97.1 Å². The molecule has 0 amide bonds. The van der Waals surface area contributed by atoms with E-state index in [1.54, 1.807) is 0 Å². The summed E-state index contributed by atoms with van der Waals surface area (Å²) < 4.78 is 5.91. The first-order valence-corrected chi connectivity index (χ1v) is 11.1. The molecule has 2 nitrogen and oxygen atoms in total. The Balaban J connectivity index is 1.27. The number of hydrogen-bond acceptors (Lipinski definition) is 2. The van der Waals surface area contributed by atoms with Gasteiger partial charge >= 0.3 is 0 Å². The average molecular weight is 424 g/mol. The second kappa shape index (κ2) is 8.25. The summed E-state index contributed by atoms with van der Waals surface area (Å²) in [5.41, 5.74) is 9.88. The molecule has 33 heavy (non-hydrogen) atoms. The summed E-state index contributed by atoms with van der Waals surface area (Å²) in [5.74, 6) is 0.648. The van der Waals surface area contributed by atoms with E-state index < -0.39 is 0 Å². The third-order valence-electron chi connectivity index (χ3n) is 5.95. The van der Waals surface area contributed by atoms with Crippen molar-refractivity contribution in [2.45, 2.75) is 0 Å². The molecule has 6 rings (SSSR count). The van der Waals surface area contributed by atoms with Gasteiger partial charge in [0.15, 0.2) is 5.58 Å². The number of rotatable bonds is 4. The van der Waals surface area contributed by atoms with Crippen LogP contribution in [0.1, 0.15) is 0 Å². The number of para-hydroxylation sites is 2. The summed E-state index contributed by atoms with van der Waals surface area (Å²) in [7, 11) is 0. The molecular formula is C31H21NO. The van der Waals surface area contributed by atoms with Crippen LogP contribution in [0.15, 0.2) is 132 Å². The fourth-order valence-electron chi connectivity index (χ4n) is 4.16. The average Bonchev–Trinajstić information content (AvgIpc) is 3.34. The van der Waals surface area contributed by atoms with Gasteiger partial charge in [0.2, 0.25) is 5.89 Å². The van der Waals surface area contributed by atoms with Gasteiger partial charge in [-0.3, -0.25) is 0 Å². The zero-order chi connectivity index (χ0) is 22.0. The van der Waals surface area contributed by atoms with Crippen LogP contribution in [0.5, 0.6) is 0 Å². The molecule has 2 heteroatoms. The number of oxazole rings is 1. The maximum atomic E-state index is 5.91. The normalized spacial score (nSPS) is 11.0. The summed E-state index contributed by atoms with van der Waals surface area (Å²) >= 11 is 0. The number of aromatic nitrogens is 1. The SMILES string of the molecule is c1ccc(-c2ccc(-c3cccc(-c4ccc(-c5nc6ccccc6o5)cc4)c3)cc2)cc1. The van der Waals surface area contributed by atoms with Crippen LogP contribution < -0.4 is 0 Å². The van der Waals surface area contributed by atoms with Crippen molar-refractivity contribution in [3.05, 3.63) is 127 Å². The second-order valence-electron chi connectivity index (χ2n) is 8.09. The molecule has 0 radical (unpaired) electrons. The van der Waals surface area contributed by atoms with Crippen LogP contribution in [0.2, 0.25) is 0 Å². The van der Waals surface area contributed by atoms with Crippen LogP contribution in [0.3, 0.4) is 0 Å². The number of benzene rings is 5. The molecule has 0 aliphatic heterocycles. The van der Waals surface area contributed by atoms with Gasteiger partial charge in [0.25, 0.3) is 0 Å². The van der Waals surface area contributed by atoms with Crippen LogP contribution in [0.25, 0.3) is 55.9 Å². The quantitative estimate of drug-likeness (QED) is 0.284. The molecule has 0 saturated heterocycles. The maximum absolute atomic E-state index is 5.91. The van der Waals surface area contributed by atoms with E-state index in [-0.39, 0.29) is 0 Å². The minimum absolute atomic E-state index is 0.648. The molecule has 0 bridgehead atoms. The Bertz CT molecular complexity index is 1500. The minimum atomic E-state index is 0.648. The van der Waals surface area contributed by atoms with Gasteiger partial charge < -0.3 is 4.42 Å². The third kappa shape index (κ3) is 3.83. The molecule has 0 fully saturated rings.